The first kappa shape index (κ1) is 16.2. The van der Waals surface area contributed by atoms with Crippen LogP contribution in [0.2, 0.25) is 0 Å². The van der Waals surface area contributed by atoms with Gasteiger partial charge < -0.3 is 4.90 Å². The number of sulfonamides is 1. The Hall–Kier alpha value is 0.160. The number of nitrogens with zero attached hydrogens (tertiary/aromatic N) is 1. The molecule has 0 saturated carbocycles. The van der Waals surface area contributed by atoms with Crippen molar-refractivity contribution >= 4 is 21.6 Å². The molecule has 6 heteroatoms. The number of rotatable bonds is 9. The highest BCUT2D eigenvalue weighted by atomic mass is 35.5. The standard InChI is InChI=1S/C10H23ClN2O2S/c1-4-13(5-2)7-6-12-16(14,15)9-10(3)8-11/h10,12H,4-9H2,1-3H3. The SMILES string of the molecule is CCN(CC)CCNS(=O)(=O)CC(C)CCl. The van der Waals surface area contributed by atoms with Crippen molar-refractivity contribution < 1.29 is 8.42 Å². The van der Waals surface area contributed by atoms with E-state index in [1.807, 2.05) is 6.92 Å². The lowest BCUT2D eigenvalue weighted by molar-refractivity contribution is 0.309. The lowest BCUT2D eigenvalue weighted by Gasteiger charge is -2.18. The molecule has 0 radical (unpaired) electrons. The van der Waals surface area contributed by atoms with E-state index in [1.54, 1.807) is 0 Å². The van der Waals surface area contributed by atoms with Gasteiger partial charge in [-0.1, -0.05) is 20.8 Å². The molecule has 0 bridgehead atoms. The zero-order chi connectivity index (χ0) is 12.6. The minimum absolute atomic E-state index is 0.00683. The van der Waals surface area contributed by atoms with Crippen LogP contribution < -0.4 is 4.72 Å². The molecular weight excluding hydrogens is 248 g/mol. The fourth-order valence-corrected chi connectivity index (χ4v) is 3.00. The summed E-state index contributed by atoms with van der Waals surface area (Å²) in [7, 11) is -3.17. The van der Waals surface area contributed by atoms with Crippen molar-refractivity contribution in [3.8, 4) is 0 Å². The molecule has 0 aromatic carbocycles. The number of alkyl halides is 1. The second kappa shape index (κ2) is 8.28. The molecule has 0 aliphatic heterocycles. The van der Waals surface area contributed by atoms with Crippen LogP contribution in [-0.2, 0) is 10.0 Å². The maximum absolute atomic E-state index is 11.6. The molecule has 1 N–H and O–H groups in total. The first-order chi connectivity index (χ1) is 7.45. The van der Waals surface area contributed by atoms with E-state index in [9.17, 15) is 8.42 Å². The molecule has 98 valence electrons. The Kier molecular flexibility index (Phi) is 8.36. The zero-order valence-corrected chi connectivity index (χ0v) is 11.9. The Bertz CT molecular complexity index is 266. The molecule has 1 atom stereocenters. The quantitative estimate of drug-likeness (QED) is 0.639. The maximum Gasteiger partial charge on any atom is 0.211 e. The first-order valence-corrected chi connectivity index (χ1v) is 7.89. The molecule has 0 aromatic rings. The van der Waals surface area contributed by atoms with Gasteiger partial charge in [-0.15, -0.1) is 11.6 Å². The molecule has 0 aliphatic carbocycles. The molecule has 0 saturated heterocycles. The van der Waals surface area contributed by atoms with Crippen LogP contribution >= 0.6 is 11.6 Å². The van der Waals surface area contributed by atoms with Crippen molar-refractivity contribution in [3.05, 3.63) is 0 Å². The number of nitrogens with one attached hydrogen (secondary N) is 1. The van der Waals surface area contributed by atoms with E-state index < -0.39 is 10.0 Å². The van der Waals surface area contributed by atoms with Crippen LogP contribution in [0.4, 0.5) is 0 Å². The first-order valence-electron chi connectivity index (χ1n) is 5.70. The van der Waals surface area contributed by atoms with Gasteiger partial charge in [-0.2, -0.15) is 0 Å². The predicted octanol–water partition coefficient (Wildman–Crippen LogP) is 1.12. The highest BCUT2D eigenvalue weighted by molar-refractivity contribution is 7.89. The van der Waals surface area contributed by atoms with Gasteiger partial charge in [0.05, 0.1) is 5.75 Å². The van der Waals surface area contributed by atoms with Crippen LogP contribution in [0.5, 0.6) is 0 Å². The van der Waals surface area contributed by atoms with Gasteiger partial charge in [-0.05, 0) is 19.0 Å². The van der Waals surface area contributed by atoms with Gasteiger partial charge in [-0.3, -0.25) is 0 Å². The number of hydrogen-bond donors (Lipinski definition) is 1. The summed E-state index contributed by atoms with van der Waals surface area (Å²) in [5.74, 6) is 0.471. The highest BCUT2D eigenvalue weighted by Crippen LogP contribution is 2.01. The lowest BCUT2D eigenvalue weighted by atomic mass is 10.3. The summed E-state index contributed by atoms with van der Waals surface area (Å²) in [5.41, 5.74) is 0. The molecule has 4 nitrogen and oxygen atoms in total. The third-order valence-electron chi connectivity index (χ3n) is 2.41. The van der Waals surface area contributed by atoms with Gasteiger partial charge in [0.1, 0.15) is 0 Å². The van der Waals surface area contributed by atoms with E-state index in [4.69, 9.17) is 11.6 Å². The number of likely N-dealkylation sites (N-methyl/N-ethyl adjacent to an activating group) is 1. The summed E-state index contributed by atoms with van der Waals surface area (Å²) in [4.78, 5) is 2.17. The summed E-state index contributed by atoms with van der Waals surface area (Å²) in [6.07, 6.45) is 0. The van der Waals surface area contributed by atoms with E-state index in [0.717, 1.165) is 19.6 Å². The number of hydrogen-bond acceptors (Lipinski definition) is 3. The molecule has 1 unspecified atom stereocenters. The second-order valence-electron chi connectivity index (χ2n) is 3.96. The topological polar surface area (TPSA) is 49.4 Å². The van der Waals surface area contributed by atoms with Crippen LogP contribution in [-0.4, -0.2) is 51.1 Å². The average molecular weight is 271 g/mol. The zero-order valence-electron chi connectivity index (χ0n) is 10.4. The molecule has 16 heavy (non-hydrogen) atoms. The van der Waals surface area contributed by atoms with Crippen LogP contribution in [0.25, 0.3) is 0 Å². The second-order valence-corrected chi connectivity index (χ2v) is 6.12. The highest BCUT2D eigenvalue weighted by Gasteiger charge is 2.14. The van der Waals surface area contributed by atoms with Gasteiger partial charge in [0.25, 0.3) is 0 Å². The van der Waals surface area contributed by atoms with Gasteiger partial charge in [0.2, 0.25) is 10.0 Å². The molecule has 0 aliphatic rings. The fourth-order valence-electron chi connectivity index (χ4n) is 1.38. The van der Waals surface area contributed by atoms with E-state index in [0.29, 0.717) is 12.4 Å². The van der Waals surface area contributed by atoms with E-state index in [1.165, 1.54) is 0 Å². The average Bonchev–Trinajstić information content (AvgIpc) is 2.23. The van der Waals surface area contributed by atoms with Crippen molar-refractivity contribution in [1.82, 2.24) is 9.62 Å². The van der Waals surface area contributed by atoms with Crippen molar-refractivity contribution in [2.24, 2.45) is 5.92 Å². The molecule has 0 aromatic heterocycles. The number of halogens is 1. The van der Waals surface area contributed by atoms with Crippen molar-refractivity contribution in [1.29, 1.82) is 0 Å². The van der Waals surface area contributed by atoms with Gasteiger partial charge >= 0.3 is 0 Å². The van der Waals surface area contributed by atoms with E-state index in [2.05, 4.69) is 23.5 Å². The Labute approximate surface area is 104 Å². The van der Waals surface area contributed by atoms with Crippen LogP contribution in [0.1, 0.15) is 20.8 Å². The van der Waals surface area contributed by atoms with Crippen molar-refractivity contribution in [2.75, 3.05) is 37.8 Å². The Morgan fingerprint density at radius 3 is 2.31 bits per heavy atom. The smallest absolute Gasteiger partial charge is 0.211 e. The fraction of sp³-hybridized carbons (Fsp3) is 1.00. The minimum atomic E-state index is -3.17. The molecule has 0 rings (SSSR count). The Balaban J connectivity index is 3.91. The molecule has 0 fully saturated rings. The summed E-state index contributed by atoms with van der Waals surface area (Å²) >= 11 is 5.59. The third kappa shape index (κ3) is 7.44. The molecule has 0 amide bonds. The van der Waals surface area contributed by atoms with Crippen molar-refractivity contribution in [3.63, 3.8) is 0 Å². The largest absolute Gasteiger partial charge is 0.303 e. The molecule has 0 spiro atoms. The van der Waals surface area contributed by atoms with Gasteiger partial charge in [0.15, 0.2) is 0 Å². The van der Waals surface area contributed by atoms with Crippen LogP contribution in [0, 0.1) is 5.92 Å². The van der Waals surface area contributed by atoms with E-state index in [-0.39, 0.29) is 11.7 Å². The monoisotopic (exact) mass is 270 g/mol. The Morgan fingerprint density at radius 2 is 1.88 bits per heavy atom. The minimum Gasteiger partial charge on any atom is -0.303 e. The normalized spacial score (nSPS) is 14.3. The van der Waals surface area contributed by atoms with Crippen LogP contribution in [0.15, 0.2) is 0 Å². The predicted molar refractivity (Wildman–Crippen MR) is 69.5 cm³/mol. The van der Waals surface area contributed by atoms with Gasteiger partial charge in [0, 0.05) is 19.0 Å². The summed E-state index contributed by atoms with van der Waals surface area (Å²) in [6, 6.07) is 0. The van der Waals surface area contributed by atoms with Gasteiger partial charge in [-0.25, -0.2) is 13.1 Å². The lowest BCUT2D eigenvalue weighted by Crippen LogP contribution is -2.37. The van der Waals surface area contributed by atoms with Crippen LogP contribution in [0.3, 0.4) is 0 Å². The molecule has 0 heterocycles. The van der Waals surface area contributed by atoms with E-state index >= 15 is 0 Å². The maximum atomic E-state index is 11.6. The van der Waals surface area contributed by atoms with Crippen molar-refractivity contribution in [2.45, 2.75) is 20.8 Å². The molecular formula is C10H23ClN2O2S. The summed E-state index contributed by atoms with van der Waals surface area (Å²) < 4.78 is 25.7. The summed E-state index contributed by atoms with van der Waals surface area (Å²) in [5, 5.41) is 0. The Morgan fingerprint density at radius 1 is 1.31 bits per heavy atom. The summed E-state index contributed by atoms with van der Waals surface area (Å²) in [6.45, 7) is 9.06. The third-order valence-corrected chi connectivity index (χ3v) is 4.59.